The van der Waals surface area contributed by atoms with Gasteiger partial charge in [0.1, 0.15) is 10.7 Å². The van der Waals surface area contributed by atoms with Crippen molar-refractivity contribution in [2.45, 2.75) is 4.90 Å². The molecular weight excluding hydrogens is 344 g/mol. The standard InChI is InChI=1S/C20H18N4OS/c1-23-16-6-4-3-5-15(16)20(25)24(2)17-11-12-18(22-19(17)23)21-13-7-9-14(26)10-8-13/h3-12,26H,1-2H3,(H,21,22)/p+1. The number of hydrogen-bond donors (Lipinski definition) is 1. The number of nitrogens with zero attached hydrogens (tertiary/aromatic N) is 3. The van der Waals surface area contributed by atoms with Gasteiger partial charge in [0.25, 0.3) is 5.91 Å². The van der Waals surface area contributed by atoms with Gasteiger partial charge in [0.15, 0.2) is 5.82 Å². The predicted octanol–water partition coefficient (Wildman–Crippen LogP) is 3.55. The molecule has 130 valence electrons. The lowest BCUT2D eigenvalue weighted by atomic mass is 10.1. The highest BCUT2D eigenvalue weighted by atomic mass is 32.1. The highest BCUT2D eigenvalue weighted by molar-refractivity contribution is 7.58. The summed E-state index contributed by atoms with van der Waals surface area (Å²) in [7, 11) is 3.71. The number of amides is 1. The number of hydrogen-bond acceptors (Lipinski definition) is 4. The molecule has 0 unspecified atom stereocenters. The van der Waals surface area contributed by atoms with Crippen LogP contribution >= 0.6 is 0 Å². The van der Waals surface area contributed by atoms with Crippen LogP contribution < -0.4 is 15.1 Å². The summed E-state index contributed by atoms with van der Waals surface area (Å²) in [6.07, 6.45) is 0. The van der Waals surface area contributed by atoms with Crippen LogP contribution in [0.4, 0.5) is 28.7 Å². The number of carbonyl (C=O) groups excluding carboxylic acids is 1. The summed E-state index contributed by atoms with van der Waals surface area (Å²) >= 11 is 3.49. The van der Waals surface area contributed by atoms with Gasteiger partial charge >= 0.3 is 0 Å². The number of aromatic nitrogens is 1. The minimum atomic E-state index is -0.0404. The van der Waals surface area contributed by atoms with Gasteiger partial charge in [0, 0.05) is 19.8 Å². The van der Waals surface area contributed by atoms with Crippen molar-refractivity contribution in [2.24, 2.45) is 0 Å². The molecule has 0 saturated heterocycles. The third-order valence-electron chi connectivity index (χ3n) is 4.49. The van der Waals surface area contributed by atoms with E-state index in [1.165, 1.54) is 0 Å². The number of benzene rings is 2. The Bertz CT molecular complexity index is 987. The van der Waals surface area contributed by atoms with Crippen molar-refractivity contribution in [3.63, 3.8) is 0 Å². The zero-order chi connectivity index (χ0) is 18.3. The Labute approximate surface area is 157 Å². The Morgan fingerprint density at radius 1 is 0.885 bits per heavy atom. The van der Waals surface area contributed by atoms with Crippen molar-refractivity contribution in [3.8, 4) is 0 Å². The maximum absolute atomic E-state index is 12.8. The first-order chi connectivity index (χ1) is 12.5. The van der Waals surface area contributed by atoms with Gasteiger partial charge in [-0.15, -0.1) is 0 Å². The van der Waals surface area contributed by atoms with Crippen LogP contribution in [0, 0.1) is 0 Å². The first kappa shape index (κ1) is 16.5. The number of nitrogens with one attached hydrogen (secondary N) is 1. The molecule has 0 bridgehead atoms. The molecule has 0 atom stereocenters. The predicted molar refractivity (Wildman–Crippen MR) is 110 cm³/mol. The maximum Gasteiger partial charge on any atom is 0.260 e. The smallest absolute Gasteiger partial charge is 0.260 e. The fourth-order valence-corrected chi connectivity index (χ4v) is 3.24. The van der Waals surface area contributed by atoms with Crippen LogP contribution in [0.15, 0.2) is 65.6 Å². The summed E-state index contributed by atoms with van der Waals surface area (Å²) in [6.45, 7) is 0. The summed E-state index contributed by atoms with van der Waals surface area (Å²) in [5.41, 5.74) is 3.23. The van der Waals surface area contributed by atoms with E-state index in [2.05, 4.69) is 17.9 Å². The normalized spacial score (nSPS) is 13.1. The second kappa shape index (κ2) is 6.38. The van der Waals surface area contributed by atoms with Gasteiger partial charge in [-0.3, -0.25) is 4.79 Å². The van der Waals surface area contributed by atoms with Crippen LogP contribution in [0.2, 0.25) is 0 Å². The molecule has 26 heavy (non-hydrogen) atoms. The van der Waals surface area contributed by atoms with Gasteiger partial charge in [0.05, 0.1) is 16.9 Å². The third kappa shape index (κ3) is 2.78. The molecule has 1 amide bonds. The first-order valence-electron chi connectivity index (χ1n) is 8.25. The van der Waals surface area contributed by atoms with E-state index in [-0.39, 0.29) is 5.91 Å². The molecule has 5 nitrogen and oxygen atoms in total. The lowest BCUT2D eigenvalue weighted by Gasteiger charge is -2.21. The summed E-state index contributed by atoms with van der Waals surface area (Å²) in [6, 6.07) is 19.3. The van der Waals surface area contributed by atoms with Crippen molar-refractivity contribution >= 4 is 47.2 Å². The van der Waals surface area contributed by atoms with Crippen molar-refractivity contribution < 1.29 is 4.79 Å². The molecule has 4 rings (SSSR count). The summed E-state index contributed by atoms with van der Waals surface area (Å²) < 4.78 is 0. The maximum atomic E-state index is 12.8. The van der Waals surface area contributed by atoms with Crippen LogP contribution in [-0.4, -0.2) is 25.0 Å². The topological polar surface area (TPSA) is 48.5 Å². The van der Waals surface area contributed by atoms with Crippen LogP contribution in [-0.2, 0) is 12.6 Å². The van der Waals surface area contributed by atoms with Crippen molar-refractivity contribution in [2.75, 3.05) is 29.2 Å². The minimum absolute atomic E-state index is 0.0404. The van der Waals surface area contributed by atoms with Crippen LogP contribution in [0.25, 0.3) is 0 Å². The summed E-state index contributed by atoms with van der Waals surface area (Å²) in [5, 5.41) is 3.31. The Kier molecular flexibility index (Phi) is 4.05. The highest BCUT2D eigenvalue weighted by Gasteiger charge is 2.28. The van der Waals surface area contributed by atoms with Crippen molar-refractivity contribution in [3.05, 3.63) is 66.2 Å². The quantitative estimate of drug-likeness (QED) is 0.708. The minimum Gasteiger partial charge on any atom is -0.340 e. The molecule has 0 spiro atoms. The second-order valence-electron chi connectivity index (χ2n) is 6.18. The number of carbonyl (C=O) groups is 1. The number of anilines is 5. The van der Waals surface area contributed by atoms with Gasteiger partial charge in [-0.05, 0) is 61.2 Å². The van der Waals surface area contributed by atoms with E-state index in [0.717, 1.165) is 33.6 Å². The SMILES string of the molecule is CN1C(=O)c2ccccc2N(C)c2nc(Nc3ccc([SH2+])cc3)ccc21. The van der Waals surface area contributed by atoms with E-state index in [4.69, 9.17) is 4.98 Å². The second-order valence-corrected chi connectivity index (χ2v) is 6.76. The molecule has 1 aromatic heterocycles. The van der Waals surface area contributed by atoms with Crippen LogP contribution in [0.3, 0.4) is 0 Å². The highest BCUT2D eigenvalue weighted by Crippen LogP contribution is 2.38. The molecule has 0 radical (unpaired) electrons. The molecule has 1 aliphatic rings. The Balaban J connectivity index is 1.77. The molecular formula is C20H19N4OS+. The Morgan fingerprint density at radius 3 is 2.38 bits per heavy atom. The van der Waals surface area contributed by atoms with Gasteiger partial charge in [-0.25, -0.2) is 4.98 Å². The largest absolute Gasteiger partial charge is 0.340 e. The molecule has 3 aromatic rings. The van der Waals surface area contributed by atoms with Crippen molar-refractivity contribution in [1.29, 1.82) is 0 Å². The van der Waals surface area contributed by atoms with E-state index >= 15 is 0 Å². The van der Waals surface area contributed by atoms with E-state index in [1.807, 2.05) is 72.6 Å². The Morgan fingerprint density at radius 2 is 1.62 bits per heavy atom. The Hall–Kier alpha value is -2.99. The van der Waals surface area contributed by atoms with Crippen LogP contribution in [0.1, 0.15) is 10.4 Å². The summed E-state index contributed by atoms with van der Waals surface area (Å²) in [4.78, 5) is 22.2. The van der Waals surface area contributed by atoms with E-state index in [0.29, 0.717) is 5.56 Å². The fourth-order valence-electron chi connectivity index (χ4n) is 3.07. The lowest BCUT2D eigenvalue weighted by Crippen LogP contribution is -2.25. The molecule has 0 fully saturated rings. The molecule has 2 heterocycles. The molecule has 1 aliphatic heterocycles. The number of rotatable bonds is 2. The van der Waals surface area contributed by atoms with Gasteiger partial charge in [-0.2, -0.15) is 0 Å². The van der Waals surface area contributed by atoms with Crippen molar-refractivity contribution in [1.82, 2.24) is 4.98 Å². The molecule has 0 aliphatic carbocycles. The first-order valence-corrected chi connectivity index (χ1v) is 8.75. The lowest BCUT2D eigenvalue weighted by molar-refractivity contribution is 0.0994. The average molecular weight is 363 g/mol. The zero-order valence-corrected chi connectivity index (χ0v) is 15.5. The van der Waals surface area contributed by atoms with Gasteiger partial charge in [0.2, 0.25) is 0 Å². The fraction of sp³-hybridized carbons (Fsp3) is 0.100. The van der Waals surface area contributed by atoms with E-state index < -0.39 is 0 Å². The van der Waals surface area contributed by atoms with Gasteiger partial charge in [-0.1, -0.05) is 12.1 Å². The zero-order valence-electron chi connectivity index (χ0n) is 14.5. The number of para-hydroxylation sites is 1. The van der Waals surface area contributed by atoms with Gasteiger partial charge < -0.3 is 15.1 Å². The molecule has 0 saturated carbocycles. The van der Waals surface area contributed by atoms with E-state index in [9.17, 15) is 4.79 Å². The average Bonchev–Trinajstić information content (AvgIpc) is 2.74. The van der Waals surface area contributed by atoms with Crippen LogP contribution in [0.5, 0.6) is 0 Å². The molecule has 1 N–H and O–H groups in total. The molecule has 6 heteroatoms. The third-order valence-corrected chi connectivity index (χ3v) is 4.82. The molecule has 2 aromatic carbocycles. The number of fused-ring (bicyclic) bond motifs is 2. The monoisotopic (exact) mass is 363 g/mol. The van der Waals surface area contributed by atoms with E-state index in [1.54, 1.807) is 11.9 Å². The summed E-state index contributed by atoms with van der Waals surface area (Å²) in [5.74, 6) is 1.41. The number of pyridine rings is 1.